The van der Waals surface area contributed by atoms with Crippen LogP contribution in [-0.4, -0.2) is 13.7 Å². The summed E-state index contributed by atoms with van der Waals surface area (Å²) in [5.74, 6) is 0. The van der Waals surface area contributed by atoms with Crippen LogP contribution in [-0.2, 0) is 0 Å². The van der Waals surface area contributed by atoms with Crippen LogP contribution < -0.4 is 0 Å². The van der Waals surface area contributed by atoms with E-state index in [1.807, 2.05) is 0 Å². The fourth-order valence-electron chi connectivity index (χ4n) is 9.16. The molecule has 6 nitrogen and oxygen atoms in total. The van der Waals surface area contributed by atoms with Crippen molar-refractivity contribution in [1.82, 2.24) is 13.7 Å². The van der Waals surface area contributed by atoms with Crippen LogP contribution in [0.2, 0.25) is 0 Å². The molecule has 0 bridgehead atoms. The Bertz CT molecular complexity index is 3220. The van der Waals surface area contributed by atoms with Gasteiger partial charge in [-0.3, -0.25) is 0 Å². The molecule has 57 heavy (non-hydrogen) atoms. The Labute approximate surface area is 329 Å². The van der Waals surface area contributed by atoms with E-state index in [1.165, 1.54) is 0 Å². The Morgan fingerprint density at radius 1 is 0.298 bits per heavy atom. The lowest BCUT2D eigenvalue weighted by atomic mass is 9.95. The Balaban J connectivity index is 1.57. The molecule has 0 saturated heterocycles. The minimum atomic E-state index is 0.0460. The number of hydrogen-bond donors (Lipinski definition) is 0. The smallest absolute Gasteiger partial charge is 0.103 e. The Hall–Kier alpha value is -7.59. The highest BCUT2D eigenvalue weighted by molar-refractivity contribution is 6.15. The van der Waals surface area contributed by atoms with E-state index in [9.17, 15) is 15.8 Å². The lowest BCUT2D eigenvalue weighted by molar-refractivity contribution is 1.04. The van der Waals surface area contributed by atoms with Crippen LogP contribution in [0.15, 0.2) is 109 Å². The van der Waals surface area contributed by atoms with E-state index < -0.39 is 0 Å². The number of hydrogen-bond acceptors (Lipinski definition) is 3. The fraction of sp³-hybridized carbons (Fsp3) is 0.118. The minimum Gasteiger partial charge on any atom is -0.306 e. The van der Waals surface area contributed by atoms with E-state index in [0.29, 0.717) is 17.1 Å². The van der Waals surface area contributed by atoms with Gasteiger partial charge in [0.25, 0.3) is 0 Å². The van der Waals surface area contributed by atoms with E-state index in [1.54, 1.807) is 0 Å². The van der Waals surface area contributed by atoms with Crippen molar-refractivity contribution in [3.8, 4) is 35.3 Å². The molecule has 270 valence electrons. The topological polar surface area (TPSA) is 86.2 Å². The second-order valence-electron chi connectivity index (χ2n) is 15.6. The molecule has 0 amide bonds. The molecule has 3 aromatic heterocycles. The Kier molecular flexibility index (Phi) is 7.27. The summed E-state index contributed by atoms with van der Waals surface area (Å²) in [5, 5.41) is 40.2. The van der Waals surface area contributed by atoms with Crippen molar-refractivity contribution in [1.29, 1.82) is 15.8 Å². The minimum absolute atomic E-state index is 0.0460. The summed E-state index contributed by atoms with van der Waals surface area (Å²) < 4.78 is 6.55. The van der Waals surface area contributed by atoms with Crippen LogP contribution in [0.4, 0.5) is 0 Å². The second kappa shape index (κ2) is 12.2. The van der Waals surface area contributed by atoms with Gasteiger partial charge in [-0.2, -0.15) is 15.8 Å². The van der Waals surface area contributed by atoms with Gasteiger partial charge in [0.2, 0.25) is 0 Å². The van der Waals surface area contributed by atoms with Crippen molar-refractivity contribution in [2.75, 3.05) is 0 Å². The van der Waals surface area contributed by atoms with Gasteiger partial charge in [-0.25, -0.2) is 0 Å². The molecular weight excluding hydrogens is 697 g/mol. The van der Waals surface area contributed by atoms with Crippen LogP contribution in [0.25, 0.3) is 82.5 Å². The van der Waals surface area contributed by atoms with Crippen molar-refractivity contribution in [2.24, 2.45) is 0 Å². The second-order valence-corrected chi connectivity index (χ2v) is 15.6. The molecule has 0 aliphatic heterocycles. The van der Waals surface area contributed by atoms with Crippen molar-refractivity contribution < 1.29 is 0 Å². The number of aryl methyl sites for hydroxylation is 6. The maximum atomic E-state index is 11.4. The van der Waals surface area contributed by atoms with E-state index in [0.717, 1.165) is 98.8 Å². The average Bonchev–Trinajstić information content (AvgIpc) is 3.80. The molecule has 6 heteroatoms. The van der Waals surface area contributed by atoms with Crippen LogP contribution >= 0.6 is 0 Å². The van der Waals surface area contributed by atoms with Gasteiger partial charge in [0, 0.05) is 32.3 Å². The number of nitriles is 3. The first-order valence-electron chi connectivity index (χ1n) is 19.1. The van der Waals surface area contributed by atoms with Crippen LogP contribution in [0, 0.1) is 75.5 Å². The summed E-state index contributed by atoms with van der Waals surface area (Å²) in [7, 11) is 0. The lowest BCUT2D eigenvalue weighted by Crippen LogP contribution is -2.15. The third kappa shape index (κ3) is 4.73. The highest BCUT2D eigenvalue weighted by Gasteiger charge is 2.33. The van der Waals surface area contributed by atoms with E-state index >= 15 is 0 Å². The number of rotatable bonds is 3. The molecule has 10 aromatic rings. The van der Waals surface area contributed by atoms with Gasteiger partial charge < -0.3 is 13.7 Å². The van der Waals surface area contributed by atoms with E-state index in [2.05, 4.69) is 183 Å². The normalized spacial score (nSPS) is 11.6. The first-order valence-corrected chi connectivity index (χ1v) is 19.1. The quantitative estimate of drug-likeness (QED) is 0.181. The SMILES string of the molecule is Cc1ccc2c(c1)c1cc(C)ccc1n2-c1c(C#N)c(C#N)c(C#N)c(-n2c3ccc(C)cc3c3cc(C)ccc32)c1-n1c2ccc(C)cc2c2cc(C)ccc21. The molecular formula is C51H36N6. The van der Waals surface area contributed by atoms with E-state index in [-0.39, 0.29) is 16.7 Å². The predicted molar refractivity (Wildman–Crippen MR) is 232 cm³/mol. The van der Waals surface area contributed by atoms with Gasteiger partial charge in [-0.1, -0.05) is 69.8 Å². The van der Waals surface area contributed by atoms with Crippen molar-refractivity contribution >= 4 is 65.4 Å². The highest BCUT2D eigenvalue weighted by atomic mass is 15.1. The molecule has 7 aromatic carbocycles. The Morgan fingerprint density at radius 3 is 0.719 bits per heavy atom. The summed E-state index contributed by atoms with van der Waals surface area (Å²) in [4.78, 5) is 0. The molecule has 0 radical (unpaired) electrons. The molecule has 0 aliphatic carbocycles. The van der Waals surface area contributed by atoms with Crippen molar-refractivity contribution in [3.05, 3.63) is 159 Å². The first kappa shape index (κ1) is 33.9. The van der Waals surface area contributed by atoms with Crippen LogP contribution in [0.1, 0.15) is 50.1 Å². The molecule has 10 rings (SSSR count). The molecule has 0 aliphatic rings. The molecule has 0 unspecified atom stereocenters. The third-order valence-corrected chi connectivity index (χ3v) is 11.7. The van der Waals surface area contributed by atoms with Crippen molar-refractivity contribution in [3.63, 3.8) is 0 Å². The van der Waals surface area contributed by atoms with Gasteiger partial charge in [-0.15, -0.1) is 0 Å². The van der Waals surface area contributed by atoms with Gasteiger partial charge in [0.15, 0.2) is 0 Å². The van der Waals surface area contributed by atoms with E-state index in [4.69, 9.17) is 0 Å². The monoisotopic (exact) mass is 732 g/mol. The molecule has 0 saturated carbocycles. The summed E-state index contributed by atoms with van der Waals surface area (Å²) >= 11 is 0. The number of benzene rings is 7. The summed E-state index contributed by atoms with van der Waals surface area (Å²) in [6, 6.07) is 45.9. The zero-order valence-electron chi connectivity index (χ0n) is 32.6. The largest absolute Gasteiger partial charge is 0.306 e. The van der Waals surface area contributed by atoms with Gasteiger partial charge in [-0.05, 0) is 114 Å². The molecule has 0 N–H and O–H groups in total. The summed E-state index contributed by atoms with van der Waals surface area (Å²) in [6.45, 7) is 12.6. The highest BCUT2D eigenvalue weighted by Crippen LogP contribution is 2.47. The van der Waals surface area contributed by atoms with Crippen LogP contribution in [0.5, 0.6) is 0 Å². The van der Waals surface area contributed by atoms with Gasteiger partial charge >= 0.3 is 0 Å². The molecule has 0 fully saturated rings. The van der Waals surface area contributed by atoms with Gasteiger partial charge in [0.05, 0.1) is 66.9 Å². The summed E-state index contributed by atoms with van der Waals surface area (Å²) in [5.41, 5.74) is 14.3. The molecule has 3 heterocycles. The standard InChI is InChI=1S/C51H36N6/c1-28-7-13-43-34(19-28)35-20-29(2)8-14-44(35)55(43)49-41(26-53)40(25-52)42(27-54)50(56-45-15-9-30(3)21-36(45)37-22-31(4)10-16-46(37)56)51(49)57-47-17-11-32(5)23-38(47)39-24-33(6)12-18-48(39)57/h7-24H,1-6H3. The zero-order valence-corrected chi connectivity index (χ0v) is 32.6. The van der Waals surface area contributed by atoms with Crippen LogP contribution in [0.3, 0.4) is 0 Å². The third-order valence-electron chi connectivity index (χ3n) is 11.7. The first-order chi connectivity index (χ1) is 27.6. The summed E-state index contributed by atoms with van der Waals surface area (Å²) in [6.07, 6.45) is 0. The van der Waals surface area contributed by atoms with Gasteiger partial charge in [0.1, 0.15) is 18.2 Å². The maximum absolute atomic E-state index is 11.4. The molecule has 0 atom stereocenters. The number of aromatic nitrogens is 3. The fourth-order valence-corrected chi connectivity index (χ4v) is 9.16. The average molecular weight is 733 g/mol. The zero-order chi connectivity index (χ0) is 39.4. The lowest BCUT2D eigenvalue weighted by Gasteiger charge is -2.25. The predicted octanol–water partition coefficient (Wildman–Crippen LogP) is 12.4. The molecule has 0 spiro atoms. The number of fused-ring (bicyclic) bond motifs is 9. The van der Waals surface area contributed by atoms with Crippen molar-refractivity contribution in [2.45, 2.75) is 41.5 Å². The Morgan fingerprint density at radius 2 is 0.509 bits per heavy atom. The number of nitrogens with zero attached hydrogens (tertiary/aromatic N) is 6. The maximum Gasteiger partial charge on any atom is 0.103 e.